The Morgan fingerprint density at radius 2 is 1.70 bits per heavy atom. The Hall–Kier alpha value is -1.42. The van der Waals surface area contributed by atoms with Gasteiger partial charge in [0.1, 0.15) is 11.5 Å². The van der Waals surface area contributed by atoms with Crippen molar-refractivity contribution >= 4 is 23.2 Å². The van der Waals surface area contributed by atoms with E-state index in [-0.39, 0.29) is 11.5 Å². The molecule has 0 saturated heterocycles. The second-order valence-electron chi connectivity index (χ2n) is 4.48. The number of nitrogens with one attached hydrogen (secondary N) is 1. The zero-order chi connectivity index (χ0) is 14.5. The zero-order valence-electron chi connectivity index (χ0n) is 10.7. The molecule has 2 aromatic carbocycles. The monoisotopic (exact) mass is 311 g/mol. The summed E-state index contributed by atoms with van der Waals surface area (Å²) >= 11 is 11.9. The topological polar surface area (TPSA) is 52.5 Å². The molecule has 3 nitrogen and oxygen atoms in total. The number of hydrogen-bond donors (Lipinski definition) is 3. The van der Waals surface area contributed by atoms with Gasteiger partial charge in [-0.25, -0.2) is 0 Å². The van der Waals surface area contributed by atoms with Gasteiger partial charge < -0.3 is 15.5 Å². The molecule has 0 unspecified atom stereocenters. The van der Waals surface area contributed by atoms with Gasteiger partial charge in [-0.15, -0.1) is 0 Å². The van der Waals surface area contributed by atoms with E-state index in [1.54, 1.807) is 18.2 Å². The van der Waals surface area contributed by atoms with Gasteiger partial charge in [0.15, 0.2) is 0 Å². The molecule has 20 heavy (non-hydrogen) atoms. The lowest BCUT2D eigenvalue weighted by atomic mass is 10.1. The van der Waals surface area contributed by atoms with E-state index >= 15 is 0 Å². The van der Waals surface area contributed by atoms with Crippen molar-refractivity contribution in [1.82, 2.24) is 5.32 Å². The maximum atomic E-state index is 9.65. The molecule has 106 valence electrons. The molecule has 0 aliphatic rings. The number of halogens is 2. The van der Waals surface area contributed by atoms with Gasteiger partial charge in [-0.2, -0.15) is 0 Å². The molecule has 0 heterocycles. The van der Waals surface area contributed by atoms with Crippen LogP contribution < -0.4 is 5.32 Å². The molecule has 0 fully saturated rings. The molecule has 0 bridgehead atoms. The lowest BCUT2D eigenvalue weighted by Gasteiger charge is -2.08. The summed E-state index contributed by atoms with van der Waals surface area (Å²) < 4.78 is 0. The third kappa shape index (κ3) is 4.04. The molecule has 2 rings (SSSR count). The molecule has 0 amide bonds. The standard InChI is InChI=1S/C15H15Cl2NO2/c16-12-3-1-10(14(17)7-12)5-6-18-9-11-2-4-13(19)8-15(11)20/h1-4,7-8,18-20H,5-6,9H2. The number of rotatable bonds is 5. The highest BCUT2D eigenvalue weighted by Gasteiger charge is 2.03. The van der Waals surface area contributed by atoms with Crippen LogP contribution >= 0.6 is 23.2 Å². The van der Waals surface area contributed by atoms with Crippen molar-refractivity contribution in [3.8, 4) is 11.5 Å². The van der Waals surface area contributed by atoms with E-state index in [0.717, 1.165) is 24.1 Å². The Morgan fingerprint density at radius 3 is 2.40 bits per heavy atom. The first-order valence-corrected chi connectivity index (χ1v) is 6.97. The summed E-state index contributed by atoms with van der Waals surface area (Å²) in [4.78, 5) is 0. The first-order valence-electron chi connectivity index (χ1n) is 6.22. The number of benzene rings is 2. The summed E-state index contributed by atoms with van der Waals surface area (Å²) in [6.45, 7) is 1.25. The van der Waals surface area contributed by atoms with E-state index in [2.05, 4.69) is 5.32 Å². The zero-order valence-corrected chi connectivity index (χ0v) is 12.2. The maximum Gasteiger partial charge on any atom is 0.123 e. The van der Waals surface area contributed by atoms with Gasteiger partial charge in [-0.05, 0) is 36.7 Å². The summed E-state index contributed by atoms with van der Waals surface area (Å²) in [5, 5.41) is 23.4. The Labute approximate surface area is 127 Å². The third-order valence-corrected chi connectivity index (χ3v) is 3.56. The second kappa shape index (κ2) is 6.84. The average Bonchev–Trinajstić information content (AvgIpc) is 2.39. The number of hydrogen-bond acceptors (Lipinski definition) is 3. The van der Waals surface area contributed by atoms with E-state index in [9.17, 15) is 10.2 Å². The van der Waals surface area contributed by atoms with Crippen LogP contribution in [0.4, 0.5) is 0 Å². The Kier molecular flexibility index (Phi) is 5.12. The molecule has 0 aliphatic carbocycles. The first kappa shape index (κ1) is 15.0. The summed E-state index contributed by atoms with van der Waals surface area (Å²) in [6.07, 6.45) is 0.773. The fourth-order valence-electron chi connectivity index (χ4n) is 1.87. The number of aromatic hydroxyl groups is 2. The summed E-state index contributed by atoms with van der Waals surface area (Å²) in [6, 6.07) is 10.0. The quantitative estimate of drug-likeness (QED) is 0.737. The van der Waals surface area contributed by atoms with Crippen LogP contribution in [-0.4, -0.2) is 16.8 Å². The fourth-order valence-corrected chi connectivity index (χ4v) is 2.38. The van der Waals surface area contributed by atoms with Crippen LogP contribution in [-0.2, 0) is 13.0 Å². The maximum absolute atomic E-state index is 9.65. The van der Waals surface area contributed by atoms with Gasteiger partial charge in [-0.3, -0.25) is 0 Å². The highest BCUT2D eigenvalue weighted by molar-refractivity contribution is 6.35. The Balaban J connectivity index is 1.84. The van der Waals surface area contributed by atoms with Crippen LogP contribution in [0.1, 0.15) is 11.1 Å². The number of phenols is 2. The normalized spacial score (nSPS) is 10.7. The van der Waals surface area contributed by atoms with E-state index < -0.39 is 0 Å². The van der Waals surface area contributed by atoms with Crippen LogP contribution in [0.15, 0.2) is 36.4 Å². The van der Waals surface area contributed by atoms with Gasteiger partial charge in [0.2, 0.25) is 0 Å². The van der Waals surface area contributed by atoms with Crippen molar-refractivity contribution in [1.29, 1.82) is 0 Å². The van der Waals surface area contributed by atoms with Crippen molar-refractivity contribution in [2.75, 3.05) is 6.54 Å². The van der Waals surface area contributed by atoms with Gasteiger partial charge in [0.25, 0.3) is 0 Å². The highest BCUT2D eigenvalue weighted by atomic mass is 35.5. The summed E-state index contributed by atoms with van der Waals surface area (Å²) in [5.74, 6) is 0.140. The van der Waals surface area contributed by atoms with Crippen molar-refractivity contribution < 1.29 is 10.2 Å². The van der Waals surface area contributed by atoms with Gasteiger partial charge in [-0.1, -0.05) is 35.3 Å². The largest absolute Gasteiger partial charge is 0.508 e. The third-order valence-electron chi connectivity index (χ3n) is 2.97. The fraction of sp³-hybridized carbons (Fsp3) is 0.200. The predicted octanol–water partition coefficient (Wildman–Crippen LogP) is 3.74. The predicted molar refractivity (Wildman–Crippen MR) is 81.6 cm³/mol. The molecular weight excluding hydrogens is 297 g/mol. The van der Waals surface area contributed by atoms with Gasteiger partial charge in [0, 0.05) is 28.2 Å². The van der Waals surface area contributed by atoms with Crippen molar-refractivity contribution in [2.24, 2.45) is 0 Å². The van der Waals surface area contributed by atoms with Crippen molar-refractivity contribution in [2.45, 2.75) is 13.0 Å². The smallest absolute Gasteiger partial charge is 0.123 e. The van der Waals surface area contributed by atoms with E-state index in [1.807, 2.05) is 12.1 Å². The van der Waals surface area contributed by atoms with E-state index in [0.29, 0.717) is 16.6 Å². The van der Waals surface area contributed by atoms with Crippen molar-refractivity contribution in [3.63, 3.8) is 0 Å². The van der Waals surface area contributed by atoms with E-state index in [1.165, 1.54) is 6.07 Å². The Bertz CT molecular complexity index is 549. The minimum absolute atomic E-state index is 0.0548. The summed E-state index contributed by atoms with van der Waals surface area (Å²) in [5.41, 5.74) is 1.77. The molecule has 0 radical (unpaired) electrons. The van der Waals surface area contributed by atoms with Gasteiger partial charge >= 0.3 is 0 Å². The highest BCUT2D eigenvalue weighted by Crippen LogP contribution is 2.23. The minimum atomic E-state index is 0.0548. The molecule has 3 N–H and O–H groups in total. The van der Waals surface area contributed by atoms with E-state index in [4.69, 9.17) is 23.2 Å². The SMILES string of the molecule is Oc1ccc(CNCCc2ccc(Cl)cc2Cl)c(O)c1. The summed E-state index contributed by atoms with van der Waals surface area (Å²) in [7, 11) is 0. The first-order chi connectivity index (χ1) is 9.56. The number of phenolic OH excluding ortho intramolecular Hbond substituents is 2. The molecule has 0 atom stereocenters. The molecular formula is C15H15Cl2NO2. The van der Waals surface area contributed by atoms with Gasteiger partial charge in [0.05, 0.1) is 0 Å². The van der Waals surface area contributed by atoms with Crippen molar-refractivity contribution in [3.05, 3.63) is 57.6 Å². The Morgan fingerprint density at radius 1 is 0.950 bits per heavy atom. The molecule has 0 aliphatic heterocycles. The van der Waals surface area contributed by atoms with Crippen LogP contribution in [0.3, 0.4) is 0 Å². The molecule has 0 saturated carbocycles. The second-order valence-corrected chi connectivity index (χ2v) is 5.32. The van der Waals surface area contributed by atoms with Crippen LogP contribution in [0.25, 0.3) is 0 Å². The lowest BCUT2D eigenvalue weighted by molar-refractivity contribution is 0.444. The lowest BCUT2D eigenvalue weighted by Crippen LogP contribution is -2.16. The molecule has 5 heteroatoms. The molecule has 0 aromatic heterocycles. The average molecular weight is 312 g/mol. The molecule has 0 spiro atoms. The van der Waals surface area contributed by atoms with Crippen LogP contribution in [0, 0.1) is 0 Å². The minimum Gasteiger partial charge on any atom is -0.508 e. The van der Waals surface area contributed by atoms with Crippen LogP contribution in [0.5, 0.6) is 11.5 Å². The van der Waals surface area contributed by atoms with Crippen LogP contribution in [0.2, 0.25) is 10.0 Å². The molecule has 2 aromatic rings.